The molecular formula is C6H2BrClFIO2S. The fourth-order valence-corrected chi connectivity index (χ4v) is 2.56. The van der Waals surface area contributed by atoms with E-state index in [2.05, 4.69) is 15.9 Å². The second-order valence-electron chi connectivity index (χ2n) is 2.11. The maximum absolute atomic E-state index is 13.3. The third-order valence-corrected chi connectivity index (χ3v) is 5.06. The largest absolute Gasteiger partial charge is 0.264 e. The van der Waals surface area contributed by atoms with Crippen LogP contribution in [0.2, 0.25) is 0 Å². The van der Waals surface area contributed by atoms with Crippen molar-refractivity contribution in [2.24, 2.45) is 0 Å². The minimum Gasteiger partial charge on any atom is -0.207 e. The lowest BCUT2D eigenvalue weighted by atomic mass is 10.3. The van der Waals surface area contributed by atoms with E-state index in [1.807, 2.05) is 0 Å². The Labute approximate surface area is 101 Å². The van der Waals surface area contributed by atoms with Crippen LogP contribution in [-0.2, 0) is 9.05 Å². The topological polar surface area (TPSA) is 34.1 Å². The average Bonchev–Trinajstić information content (AvgIpc) is 1.98. The molecule has 7 heteroatoms. The van der Waals surface area contributed by atoms with E-state index in [1.54, 1.807) is 22.6 Å². The maximum Gasteiger partial charge on any atom is 0.264 e. The number of halogens is 4. The molecule has 0 amide bonds. The lowest BCUT2D eigenvalue weighted by molar-refractivity contribution is 0.570. The van der Waals surface area contributed by atoms with Crippen LogP contribution in [0.1, 0.15) is 0 Å². The number of rotatable bonds is 1. The Bertz CT molecular complexity index is 448. The van der Waals surface area contributed by atoms with E-state index in [9.17, 15) is 12.8 Å². The first-order valence-electron chi connectivity index (χ1n) is 2.92. The molecule has 0 aliphatic rings. The third kappa shape index (κ3) is 2.54. The zero-order valence-corrected chi connectivity index (χ0v) is 11.2. The third-order valence-electron chi connectivity index (χ3n) is 1.26. The van der Waals surface area contributed by atoms with Gasteiger partial charge in [-0.3, -0.25) is 0 Å². The van der Waals surface area contributed by atoms with Crippen LogP contribution in [0.25, 0.3) is 0 Å². The molecule has 0 aromatic heterocycles. The van der Waals surface area contributed by atoms with Gasteiger partial charge in [-0.15, -0.1) is 0 Å². The summed E-state index contributed by atoms with van der Waals surface area (Å²) in [6.07, 6.45) is 0. The van der Waals surface area contributed by atoms with Crippen LogP contribution in [0.3, 0.4) is 0 Å². The standard InChI is InChI=1S/C6H2BrClFIO2S/c7-3-1-2-4(13(8,11)12)5(9)6(3)10/h1-2H. The van der Waals surface area contributed by atoms with Crippen LogP contribution in [0, 0.1) is 9.39 Å². The number of hydrogen-bond acceptors (Lipinski definition) is 2. The smallest absolute Gasteiger partial charge is 0.207 e. The van der Waals surface area contributed by atoms with Crippen molar-refractivity contribution in [1.82, 2.24) is 0 Å². The summed E-state index contributed by atoms with van der Waals surface area (Å²) in [5, 5.41) is 0. The molecule has 1 rings (SSSR count). The fraction of sp³-hybridized carbons (Fsp3) is 0. The summed E-state index contributed by atoms with van der Waals surface area (Å²) >= 11 is 4.75. The van der Waals surface area contributed by atoms with E-state index in [1.165, 1.54) is 6.07 Å². The van der Waals surface area contributed by atoms with Gasteiger partial charge in [0.15, 0.2) is 5.82 Å². The molecule has 0 radical (unpaired) electrons. The van der Waals surface area contributed by atoms with Crippen LogP contribution in [0.4, 0.5) is 4.39 Å². The molecule has 0 saturated carbocycles. The van der Waals surface area contributed by atoms with E-state index >= 15 is 0 Å². The molecule has 13 heavy (non-hydrogen) atoms. The molecule has 0 aliphatic heterocycles. The first-order valence-corrected chi connectivity index (χ1v) is 7.10. The highest BCUT2D eigenvalue weighted by atomic mass is 127. The summed E-state index contributed by atoms with van der Waals surface area (Å²) in [5.41, 5.74) is 0. The Kier molecular flexibility index (Phi) is 3.59. The quantitative estimate of drug-likeness (QED) is 0.413. The highest BCUT2D eigenvalue weighted by Gasteiger charge is 2.19. The highest BCUT2D eigenvalue weighted by Crippen LogP contribution is 2.28. The van der Waals surface area contributed by atoms with Crippen molar-refractivity contribution in [1.29, 1.82) is 0 Å². The maximum atomic E-state index is 13.3. The zero-order chi connectivity index (χ0) is 10.2. The summed E-state index contributed by atoms with van der Waals surface area (Å²) in [6.45, 7) is 0. The van der Waals surface area contributed by atoms with Crippen LogP contribution in [-0.4, -0.2) is 8.42 Å². The summed E-state index contributed by atoms with van der Waals surface area (Å²) in [5.74, 6) is -0.829. The summed E-state index contributed by atoms with van der Waals surface area (Å²) < 4.78 is 35.6. The van der Waals surface area contributed by atoms with E-state index in [4.69, 9.17) is 10.7 Å². The van der Waals surface area contributed by atoms with Crippen molar-refractivity contribution in [2.45, 2.75) is 4.90 Å². The normalized spacial score (nSPS) is 11.7. The van der Waals surface area contributed by atoms with Gasteiger partial charge in [-0.05, 0) is 50.7 Å². The van der Waals surface area contributed by atoms with Crippen LogP contribution >= 0.6 is 49.2 Å². The fourth-order valence-electron chi connectivity index (χ4n) is 0.696. The van der Waals surface area contributed by atoms with Crippen LogP contribution in [0.15, 0.2) is 21.5 Å². The Morgan fingerprint density at radius 2 is 2.00 bits per heavy atom. The molecule has 0 fully saturated rings. The van der Waals surface area contributed by atoms with Crippen LogP contribution < -0.4 is 0 Å². The molecule has 0 aliphatic carbocycles. The van der Waals surface area contributed by atoms with Gasteiger partial charge in [0.2, 0.25) is 0 Å². The molecule has 1 aromatic carbocycles. The average molecular weight is 399 g/mol. The SMILES string of the molecule is O=S(=O)(Cl)c1ccc(Br)c(I)c1F. The molecule has 0 N–H and O–H groups in total. The summed E-state index contributed by atoms with van der Waals surface area (Å²) in [4.78, 5) is -0.498. The predicted octanol–water partition coefficient (Wildman–Crippen LogP) is 3.12. The molecule has 0 unspecified atom stereocenters. The Morgan fingerprint density at radius 3 is 2.46 bits per heavy atom. The van der Waals surface area contributed by atoms with Crippen molar-refractivity contribution in [3.63, 3.8) is 0 Å². The summed E-state index contributed by atoms with van der Waals surface area (Å²) in [7, 11) is 1.00. The molecule has 0 bridgehead atoms. The van der Waals surface area contributed by atoms with Crippen molar-refractivity contribution >= 4 is 58.3 Å². The first-order chi connectivity index (χ1) is 5.84. The van der Waals surface area contributed by atoms with Crippen molar-refractivity contribution in [3.8, 4) is 0 Å². The second-order valence-corrected chi connectivity index (χ2v) is 6.58. The van der Waals surface area contributed by atoms with Crippen molar-refractivity contribution in [2.75, 3.05) is 0 Å². The predicted molar refractivity (Wildman–Crippen MR) is 59.9 cm³/mol. The van der Waals surface area contributed by atoms with E-state index in [0.29, 0.717) is 4.47 Å². The van der Waals surface area contributed by atoms with Gasteiger partial charge in [-0.25, -0.2) is 12.8 Å². The van der Waals surface area contributed by atoms with Gasteiger partial charge in [-0.1, -0.05) is 0 Å². The highest BCUT2D eigenvalue weighted by molar-refractivity contribution is 14.1. The van der Waals surface area contributed by atoms with Gasteiger partial charge in [-0.2, -0.15) is 0 Å². The Balaban J connectivity index is 3.53. The number of benzene rings is 1. The minimum atomic E-state index is -4.00. The minimum absolute atomic E-state index is 0.194. The molecule has 0 heterocycles. The molecule has 72 valence electrons. The second kappa shape index (κ2) is 4.00. The van der Waals surface area contributed by atoms with Gasteiger partial charge in [0, 0.05) is 15.2 Å². The van der Waals surface area contributed by atoms with Gasteiger partial charge >= 0.3 is 0 Å². The van der Waals surface area contributed by atoms with E-state index in [-0.39, 0.29) is 3.57 Å². The molecular weight excluding hydrogens is 397 g/mol. The zero-order valence-electron chi connectivity index (χ0n) is 5.89. The molecule has 0 saturated heterocycles. The van der Waals surface area contributed by atoms with Crippen LogP contribution in [0.5, 0.6) is 0 Å². The monoisotopic (exact) mass is 398 g/mol. The molecule has 1 aromatic rings. The van der Waals surface area contributed by atoms with Gasteiger partial charge in [0.25, 0.3) is 9.05 Å². The lowest BCUT2D eigenvalue weighted by Gasteiger charge is -2.02. The van der Waals surface area contributed by atoms with Crippen molar-refractivity contribution < 1.29 is 12.8 Å². The molecule has 0 spiro atoms. The first kappa shape index (κ1) is 11.7. The molecule has 0 atom stereocenters. The summed E-state index contributed by atoms with van der Waals surface area (Å²) in [6, 6.07) is 2.55. The van der Waals surface area contributed by atoms with Gasteiger partial charge < -0.3 is 0 Å². The van der Waals surface area contributed by atoms with Gasteiger partial charge in [0.1, 0.15) is 4.90 Å². The van der Waals surface area contributed by atoms with E-state index < -0.39 is 19.8 Å². The number of hydrogen-bond donors (Lipinski definition) is 0. The molecule has 2 nitrogen and oxygen atoms in total. The van der Waals surface area contributed by atoms with E-state index in [0.717, 1.165) is 6.07 Å². The lowest BCUT2D eigenvalue weighted by Crippen LogP contribution is -1.97. The Morgan fingerprint density at radius 1 is 1.46 bits per heavy atom. The van der Waals surface area contributed by atoms with Crippen molar-refractivity contribution in [3.05, 3.63) is 26.0 Å². The Hall–Kier alpha value is 0.600. The van der Waals surface area contributed by atoms with Gasteiger partial charge in [0.05, 0.1) is 3.57 Å².